The molecule has 0 unspecified atom stereocenters. The SMILES string of the molecule is O=C(Nc1ccc(N2CCCC2)nc1)C1=NCCCc2ccc(-c3cnn(C4CCNCC4)c3)cc21. The molecular formula is C28H33N7O. The second-order valence-electron chi connectivity index (χ2n) is 9.95. The van der Waals surface area contributed by atoms with Crippen LogP contribution in [0.3, 0.4) is 0 Å². The summed E-state index contributed by atoms with van der Waals surface area (Å²) < 4.78 is 2.10. The molecule has 2 aromatic heterocycles. The second kappa shape index (κ2) is 10.2. The number of amides is 1. The number of aromatic nitrogens is 3. The van der Waals surface area contributed by atoms with E-state index in [9.17, 15) is 4.79 Å². The first-order valence-corrected chi connectivity index (χ1v) is 13.2. The lowest BCUT2D eigenvalue weighted by Gasteiger charge is -2.22. The largest absolute Gasteiger partial charge is 0.357 e. The van der Waals surface area contributed by atoms with Crippen LogP contribution >= 0.6 is 0 Å². The standard InChI is InChI=1S/C28H33N7O/c36-28(33-23-7-8-26(31-18-23)34-14-1-2-15-34)27-25-16-21(6-5-20(25)4-3-11-30-27)22-17-32-35(19-22)24-9-12-29-13-10-24/h5-8,16-19,24,29H,1-4,9-15H2,(H,33,36). The number of fused-ring (bicyclic) bond motifs is 1. The van der Waals surface area contributed by atoms with Crippen LogP contribution in [-0.2, 0) is 11.2 Å². The second-order valence-corrected chi connectivity index (χ2v) is 9.95. The van der Waals surface area contributed by atoms with Crippen LogP contribution < -0.4 is 15.5 Å². The number of aryl methyl sites for hydroxylation is 1. The van der Waals surface area contributed by atoms with Gasteiger partial charge in [0.2, 0.25) is 0 Å². The Morgan fingerprint density at radius 2 is 1.86 bits per heavy atom. The number of nitrogens with one attached hydrogen (secondary N) is 2. The third kappa shape index (κ3) is 4.78. The number of anilines is 2. The van der Waals surface area contributed by atoms with Crippen molar-refractivity contribution in [3.8, 4) is 11.1 Å². The summed E-state index contributed by atoms with van der Waals surface area (Å²) in [7, 11) is 0. The van der Waals surface area contributed by atoms with E-state index >= 15 is 0 Å². The summed E-state index contributed by atoms with van der Waals surface area (Å²) in [5, 5.41) is 11.1. The molecule has 0 bridgehead atoms. The quantitative estimate of drug-likeness (QED) is 0.576. The third-order valence-corrected chi connectivity index (χ3v) is 7.51. The van der Waals surface area contributed by atoms with Gasteiger partial charge in [-0.25, -0.2) is 4.98 Å². The summed E-state index contributed by atoms with van der Waals surface area (Å²) in [6.07, 6.45) is 12.3. The van der Waals surface area contributed by atoms with E-state index in [1.807, 2.05) is 18.3 Å². The highest BCUT2D eigenvalue weighted by Crippen LogP contribution is 2.28. The number of carbonyl (C=O) groups is 1. The number of benzene rings is 1. The number of nitrogens with zero attached hydrogens (tertiary/aromatic N) is 5. The molecule has 186 valence electrons. The molecule has 3 aromatic rings. The number of piperidine rings is 1. The molecule has 6 rings (SSSR count). The maximum Gasteiger partial charge on any atom is 0.274 e. The van der Waals surface area contributed by atoms with Crippen molar-refractivity contribution in [1.82, 2.24) is 20.1 Å². The highest BCUT2D eigenvalue weighted by Gasteiger charge is 2.22. The van der Waals surface area contributed by atoms with Gasteiger partial charge in [-0.15, -0.1) is 0 Å². The van der Waals surface area contributed by atoms with Crippen molar-refractivity contribution in [2.45, 2.75) is 44.6 Å². The van der Waals surface area contributed by atoms with E-state index < -0.39 is 0 Å². The Hall–Kier alpha value is -3.52. The van der Waals surface area contributed by atoms with E-state index in [4.69, 9.17) is 4.99 Å². The van der Waals surface area contributed by atoms with Gasteiger partial charge in [0.1, 0.15) is 11.5 Å². The maximum absolute atomic E-state index is 13.4. The van der Waals surface area contributed by atoms with Gasteiger partial charge in [0.15, 0.2) is 0 Å². The zero-order valence-electron chi connectivity index (χ0n) is 20.6. The van der Waals surface area contributed by atoms with Crippen LogP contribution in [-0.4, -0.2) is 59.1 Å². The third-order valence-electron chi connectivity index (χ3n) is 7.51. The molecule has 2 saturated heterocycles. The molecule has 0 saturated carbocycles. The molecule has 8 heteroatoms. The lowest BCUT2D eigenvalue weighted by Crippen LogP contribution is -2.29. The van der Waals surface area contributed by atoms with Crippen LogP contribution in [0.1, 0.15) is 49.3 Å². The van der Waals surface area contributed by atoms with Gasteiger partial charge in [-0.1, -0.05) is 12.1 Å². The van der Waals surface area contributed by atoms with E-state index in [2.05, 4.69) is 54.7 Å². The summed E-state index contributed by atoms with van der Waals surface area (Å²) in [4.78, 5) is 24.9. The first kappa shape index (κ1) is 22.9. The molecule has 8 nitrogen and oxygen atoms in total. The molecule has 2 N–H and O–H groups in total. The Morgan fingerprint density at radius 1 is 1.00 bits per heavy atom. The fraction of sp³-hybridized carbons (Fsp3) is 0.429. The van der Waals surface area contributed by atoms with Gasteiger partial charge < -0.3 is 15.5 Å². The fourth-order valence-corrected chi connectivity index (χ4v) is 5.48. The highest BCUT2D eigenvalue weighted by atomic mass is 16.1. The zero-order chi connectivity index (χ0) is 24.3. The highest BCUT2D eigenvalue weighted by molar-refractivity contribution is 6.49. The Kier molecular flexibility index (Phi) is 6.51. The summed E-state index contributed by atoms with van der Waals surface area (Å²) >= 11 is 0. The van der Waals surface area contributed by atoms with Crippen molar-refractivity contribution in [3.63, 3.8) is 0 Å². The average molecular weight is 484 g/mol. The minimum absolute atomic E-state index is 0.184. The molecule has 0 radical (unpaired) electrons. The van der Waals surface area contributed by atoms with Crippen molar-refractivity contribution in [2.24, 2.45) is 4.99 Å². The van der Waals surface area contributed by atoms with E-state index in [-0.39, 0.29) is 5.91 Å². The van der Waals surface area contributed by atoms with Crippen molar-refractivity contribution in [2.75, 3.05) is 42.9 Å². The van der Waals surface area contributed by atoms with E-state index in [0.29, 0.717) is 24.0 Å². The number of rotatable bonds is 5. The Bertz CT molecular complexity index is 1250. The van der Waals surface area contributed by atoms with Crippen LogP contribution in [0.4, 0.5) is 11.5 Å². The molecule has 0 aliphatic carbocycles. The normalized spacial score (nSPS) is 18.4. The summed E-state index contributed by atoms with van der Waals surface area (Å²) in [6.45, 7) is 4.80. The monoisotopic (exact) mass is 483 g/mol. The van der Waals surface area contributed by atoms with Gasteiger partial charge in [0, 0.05) is 37.0 Å². The first-order valence-electron chi connectivity index (χ1n) is 13.2. The Labute approximate surface area is 211 Å². The maximum atomic E-state index is 13.4. The van der Waals surface area contributed by atoms with Crippen molar-refractivity contribution < 1.29 is 4.79 Å². The van der Waals surface area contributed by atoms with Crippen molar-refractivity contribution in [1.29, 1.82) is 0 Å². The molecule has 2 fully saturated rings. The van der Waals surface area contributed by atoms with Crippen molar-refractivity contribution >= 4 is 23.1 Å². The molecule has 5 heterocycles. The number of carbonyl (C=O) groups excluding carboxylic acids is 1. The van der Waals surface area contributed by atoms with Crippen LogP contribution in [0.5, 0.6) is 0 Å². The molecule has 1 aromatic carbocycles. The van der Waals surface area contributed by atoms with Gasteiger partial charge in [-0.05, 0) is 80.9 Å². The fourth-order valence-electron chi connectivity index (χ4n) is 5.48. The lowest BCUT2D eigenvalue weighted by atomic mass is 9.95. The zero-order valence-corrected chi connectivity index (χ0v) is 20.6. The number of aliphatic imine (C=N–C) groups is 1. The molecule has 36 heavy (non-hydrogen) atoms. The lowest BCUT2D eigenvalue weighted by molar-refractivity contribution is -0.110. The van der Waals surface area contributed by atoms with Crippen LogP contribution in [0.15, 0.2) is 53.9 Å². The molecule has 0 atom stereocenters. The Morgan fingerprint density at radius 3 is 2.67 bits per heavy atom. The topological polar surface area (TPSA) is 87.4 Å². The van der Waals surface area contributed by atoms with Gasteiger partial charge in [0.25, 0.3) is 5.91 Å². The van der Waals surface area contributed by atoms with E-state index in [0.717, 1.165) is 74.4 Å². The average Bonchev–Trinajstić information content (AvgIpc) is 3.59. The van der Waals surface area contributed by atoms with Gasteiger partial charge in [-0.2, -0.15) is 5.10 Å². The first-order chi connectivity index (χ1) is 17.7. The molecule has 3 aliphatic heterocycles. The van der Waals surface area contributed by atoms with Crippen LogP contribution in [0, 0.1) is 0 Å². The number of hydrogen-bond acceptors (Lipinski definition) is 6. The minimum Gasteiger partial charge on any atom is -0.357 e. The molecule has 1 amide bonds. The number of pyridine rings is 1. The van der Waals surface area contributed by atoms with Gasteiger partial charge in [-0.3, -0.25) is 14.5 Å². The van der Waals surface area contributed by atoms with E-state index in [1.54, 1.807) is 6.20 Å². The van der Waals surface area contributed by atoms with Gasteiger partial charge in [0.05, 0.1) is 24.1 Å². The van der Waals surface area contributed by atoms with E-state index in [1.165, 1.54) is 18.4 Å². The van der Waals surface area contributed by atoms with Crippen LogP contribution in [0.25, 0.3) is 11.1 Å². The minimum atomic E-state index is -0.184. The van der Waals surface area contributed by atoms with Crippen molar-refractivity contribution in [3.05, 3.63) is 60.0 Å². The Balaban J connectivity index is 1.22. The smallest absolute Gasteiger partial charge is 0.274 e. The molecule has 3 aliphatic rings. The summed E-state index contributed by atoms with van der Waals surface area (Å²) in [6, 6.07) is 10.8. The molecule has 0 spiro atoms. The summed E-state index contributed by atoms with van der Waals surface area (Å²) in [5.41, 5.74) is 5.40. The number of hydrogen-bond donors (Lipinski definition) is 2. The van der Waals surface area contributed by atoms with Crippen LogP contribution in [0.2, 0.25) is 0 Å². The van der Waals surface area contributed by atoms with Gasteiger partial charge >= 0.3 is 0 Å². The molecular weight excluding hydrogens is 450 g/mol. The predicted octanol–water partition coefficient (Wildman–Crippen LogP) is 3.84. The predicted molar refractivity (Wildman–Crippen MR) is 143 cm³/mol. The summed E-state index contributed by atoms with van der Waals surface area (Å²) in [5.74, 6) is 0.786.